The van der Waals surface area contributed by atoms with E-state index in [1.54, 1.807) is 0 Å². The van der Waals surface area contributed by atoms with Gasteiger partial charge in [-0.15, -0.1) is 0 Å². The molecule has 2 saturated heterocycles. The SMILES string of the molecule is CC(=O)N[C@H]1C(O)O[C@H](COC(C)=O)[C@@H](OC(C)=O)[C@@H]1O[C@@H]1O[C@@H](C)[C@@H](OC(C)=O)[C@@H](OC(C)=O)[C@@H]1OC(C)=O. The minimum absolute atomic E-state index is 0.475. The van der Waals surface area contributed by atoms with Crippen molar-refractivity contribution in [1.82, 2.24) is 5.32 Å². The summed E-state index contributed by atoms with van der Waals surface area (Å²) in [5.41, 5.74) is 0. The maximum Gasteiger partial charge on any atom is 0.303 e. The molecule has 0 aromatic carbocycles. The molecule has 2 fully saturated rings. The Morgan fingerprint density at radius 3 is 1.68 bits per heavy atom. The van der Waals surface area contributed by atoms with Gasteiger partial charge in [0.05, 0.1) is 6.10 Å². The van der Waals surface area contributed by atoms with E-state index in [9.17, 15) is 33.9 Å². The van der Waals surface area contributed by atoms with Gasteiger partial charge >= 0.3 is 29.8 Å². The van der Waals surface area contributed by atoms with Crippen molar-refractivity contribution >= 4 is 35.8 Å². The Bertz CT molecular complexity index is 970. The molecule has 2 rings (SSSR count). The van der Waals surface area contributed by atoms with Crippen LogP contribution in [0.3, 0.4) is 0 Å². The fourth-order valence-corrected chi connectivity index (χ4v) is 4.37. The first kappa shape index (κ1) is 32.9. The van der Waals surface area contributed by atoms with Gasteiger partial charge in [-0.1, -0.05) is 0 Å². The predicted octanol–water partition coefficient (Wildman–Crippen LogP) is -1.37. The molecule has 2 aliphatic rings. The summed E-state index contributed by atoms with van der Waals surface area (Å²) in [5, 5.41) is 13.2. The highest BCUT2D eigenvalue weighted by Crippen LogP contribution is 2.33. The third-order valence-electron chi connectivity index (χ3n) is 5.71. The molecule has 2 N–H and O–H groups in total. The Hall–Kier alpha value is -3.34. The number of ether oxygens (including phenoxy) is 8. The van der Waals surface area contributed by atoms with Crippen LogP contribution in [0.15, 0.2) is 0 Å². The minimum atomic E-state index is -1.76. The van der Waals surface area contributed by atoms with Gasteiger partial charge in [-0.2, -0.15) is 0 Å². The van der Waals surface area contributed by atoms with Crippen molar-refractivity contribution in [2.75, 3.05) is 6.61 Å². The lowest BCUT2D eigenvalue weighted by Crippen LogP contribution is -2.68. The van der Waals surface area contributed by atoms with Crippen LogP contribution in [0, 0.1) is 0 Å². The highest BCUT2D eigenvalue weighted by molar-refractivity contribution is 5.73. The van der Waals surface area contributed by atoms with Crippen molar-refractivity contribution in [2.24, 2.45) is 0 Å². The van der Waals surface area contributed by atoms with Crippen LogP contribution in [0.1, 0.15) is 48.5 Å². The van der Waals surface area contributed by atoms with Crippen LogP contribution in [0.25, 0.3) is 0 Å². The third kappa shape index (κ3) is 9.11. The fourth-order valence-electron chi connectivity index (χ4n) is 4.37. The first-order valence-corrected chi connectivity index (χ1v) is 12.3. The zero-order chi connectivity index (χ0) is 30.3. The van der Waals surface area contributed by atoms with Gasteiger partial charge in [-0.05, 0) is 6.92 Å². The van der Waals surface area contributed by atoms with Crippen LogP contribution in [0.4, 0.5) is 0 Å². The van der Waals surface area contributed by atoms with Crippen LogP contribution >= 0.6 is 0 Å². The lowest BCUT2D eigenvalue weighted by atomic mass is 9.95. The molecule has 0 aromatic heterocycles. The molecule has 0 saturated carbocycles. The van der Waals surface area contributed by atoms with Crippen LogP contribution in [0.5, 0.6) is 0 Å². The van der Waals surface area contributed by atoms with E-state index in [4.69, 9.17) is 37.9 Å². The monoisotopic (exact) mass is 577 g/mol. The van der Waals surface area contributed by atoms with E-state index in [-0.39, 0.29) is 0 Å². The Labute approximate surface area is 229 Å². The number of esters is 5. The summed E-state index contributed by atoms with van der Waals surface area (Å²) in [5.74, 6) is -4.51. The number of carbonyl (C=O) groups excluding carboxylic acids is 6. The maximum atomic E-state index is 12.0. The number of amides is 1. The van der Waals surface area contributed by atoms with E-state index in [1.165, 1.54) is 6.92 Å². The van der Waals surface area contributed by atoms with Crippen molar-refractivity contribution in [3.8, 4) is 0 Å². The molecule has 2 aliphatic heterocycles. The molecule has 16 nitrogen and oxygen atoms in total. The first-order valence-electron chi connectivity index (χ1n) is 12.3. The van der Waals surface area contributed by atoms with Gasteiger partial charge in [0.15, 0.2) is 37.0 Å². The quantitative estimate of drug-likeness (QED) is 0.239. The average Bonchev–Trinajstić information content (AvgIpc) is 2.80. The van der Waals surface area contributed by atoms with E-state index < -0.39 is 104 Å². The molecule has 40 heavy (non-hydrogen) atoms. The summed E-state index contributed by atoms with van der Waals surface area (Å²) in [4.78, 5) is 71.2. The van der Waals surface area contributed by atoms with Crippen molar-refractivity contribution in [2.45, 2.75) is 110 Å². The second kappa shape index (κ2) is 14.3. The van der Waals surface area contributed by atoms with E-state index in [1.807, 2.05) is 0 Å². The summed E-state index contributed by atoms with van der Waals surface area (Å²) >= 11 is 0. The van der Waals surface area contributed by atoms with Gasteiger partial charge in [0.2, 0.25) is 5.91 Å². The summed E-state index contributed by atoms with van der Waals surface area (Å²) in [6.45, 7) is 7.63. The third-order valence-corrected chi connectivity index (χ3v) is 5.71. The molecular formula is C24H35NO15. The lowest BCUT2D eigenvalue weighted by Gasteiger charge is -2.48. The molecule has 1 amide bonds. The van der Waals surface area contributed by atoms with E-state index in [2.05, 4.69) is 5.32 Å². The van der Waals surface area contributed by atoms with E-state index >= 15 is 0 Å². The van der Waals surface area contributed by atoms with Gasteiger partial charge < -0.3 is 48.3 Å². The molecule has 0 aliphatic carbocycles. The second-order valence-corrected chi connectivity index (χ2v) is 9.20. The Morgan fingerprint density at radius 1 is 0.675 bits per heavy atom. The van der Waals surface area contributed by atoms with E-state index in [0.29, 0.717) is 0 Å². The van der Waals surface area contributed by atoms with Gasteiger partial charge in [0, 0.05) is 41.5 Å². The number of carbonyl (C=O) groups is 6. The summed E-state index contributed by atoms with van der Waals surface area (Å²) in [6, 6.07) is -1.38. The number of rotatable bonds is 9. The number of hydrogen-bond acceptors (Lipinski definition) is 15. The average molecular weight is 578 g/mol. The van der Waals surface area contributed by atoms with Crippen LogP contribution in [-0.4, -0.2) is 109 Å². The lowest BCUT2D eigenvalue weighted by molar-refractivity contribution is -0.340. The molecule has 226 valence electrons. The van der Waals surface area contributed by atoms with Crippen LogP contribution in [-0.2, 0) is 66.7 Å². The zero-order valence-electron chi connectivity index (χ0n) is 23.1. The van der Waals surface area contributed by atoms with E-state index in [0.717, 1.165) is 41.5 Å². The standard InChI is InChI=1S/C24H35NO15/c1-9-18(35-12(4)28)21(37-14(6)30)22(38-15(7)31)24(34-9)40-20-17(25-10(2)26)23(32)39-16(8-33-11(3)27)19(20)36-13(5)29/h9,16-24,32H,8H2,1-7H3,(H,25,26)/t9-,16+,17+,18+,19+,20+,21+,22-,23?,24-/m0/s1. The van der Waals surface area contributed by atoms with Gasteiger partial charge in [-0.3, -0.25) is 28.8 Å². The number of nitrogens with one attached hydrogen (secondary N) is 1. The number of aliphatic hydroxyl groups excluding tert-OH is 1. The molecule has 2 heterocycles. The molecule has 0 radical (unpaired) electrons. The largest absolute Gasteiger partial charge is 0.463 e. The molecule has 0 spiro atoms. The molecule has 10 atom stereocenters. The maximum absolute atomic E-state index is 12.0. The normalized spacial score (nSPS) is 33.6. The molecule has 1 unspecified atom stereocenters. The number of hydrogen-bond donors (Lipinski definition) is 2. The minimum Gasteiger partial charge on any atom is -0.463 e. The zero-order valence-corrected chi connectivity index (χ0v) is 23.1. The fraction of sp³-hybridized carbons (Fsp3) is 0.750. The predicted molar refractivity (Wildman–Crippen MR) is 127 cm³/mol. The molecule has 0 bridgehead atoms. The van der Waals surface area contributed by atoms with Crippen molar-refractivity contribution in [3.63, 3.8) is 0 Å². The Balaban J connectivity index is 2.56. The first-order chi connectivity index (χ1) is 18.6. The van der Waals surface area contributed by atoms with Crippen molar-refractivity contribution in [1.29, 1.82) is 0 Å². The smallest absolute Gasteiger partial charge is 0.303 e. The highest BCUT2D eigenvalue weighted by Gasteiger charge is 2.55. The topological polar surface area (TPSA) is 209 Å². The molecular weight excluding hydrogens is 542 g/mol. The number of aliphatic hydroxyl groups is 1. The molecule has 0 aromatic rings. The van der Waals surface area contributed by atoms with Gasteiger partial charge in [0.25, 0.3) is 0 Å². The van der Waals surface area contributed by atoms with Crippen molar-refractivity contribution in [3.05, 3.63) is 0 Å². The summed E-state index contributed by atoms with van der Waals surface area (Å²) in [6.07, 6.45) is -12.7. The van der Waals surface area contributed by atoms with Gasteiger partial charge in [0.1, 0.15) is 24.9 Å². The van der Waals surface area contributed by atoms with Crippen molar-refractivity contribution < 1.29 is 71.8 Å². The summed E-state index contributed by atoms with van der Waals surface area (Å²) < 4.78 is 43.9. The highest BCUT2D eigenvalue weighted by atomic mass is 16.7. The Morgan fingerprint density at radius 2 is 1.18 bits per heavy atom. The van der Waals surface area contributed by atoms with Crippen LogP contribution < -0.4 is 5.32 Å². The second-order valence-electron chi connectivity index (χ2n) is 9.20. The van der Waals surface area contributed by atoms with Crippen LogP contribution in [0.2, 0.25) is 0 Å². The Kier molecular flexibility index (Phi) is 11.8. The molecule has 16 heteroatoms. The van der Waals surface area contributed by atoms with Gasteiger partial charge in [-0.25, -0.2) is 0 Å². The summed E-state index contributed by atoms with van der Waals surface area (Å²) in [7, 11) is 0.